The molecule has 0 bridgehead atoms. The number of ether oxygens (including phenoxy) is 2. The van der Waals surface area contributed by atoms with Gasteiger partial charge in [0.15, 0.2) is 6.29 Å². The van der Waals surface area contributed by atoms with E-state index in [2.05, 4.69) is 10.6 Å². The fourth-order valence-electron chi connectivity index (χ4n) is 1.95. The van der Waals surface area contributed by atoms with Crippen molar-refractivity contribution in [1.29, 1.82) is 0 Å². The maximum absolute atomic E-state index is 11.7. The first-order valence-corrected chi connectivity index (χ1v) is 7.09. The van der Waals surface area contributed by atoms with Crippen LogP contribution in [0.5, 0.6) is 0 Å². The van der Waals surface area contributed by atoms with Crippen molar-refractivity contribution < 1.29 is 19.1 Å². The lowest BCUT2D eigenvalue weighted by Crippen LogP contribution is -2.38. The Morgan fingerprint density at radius 3 is 2.52 bits per heavy atom. The molecule has 0 aliphatic carbocycles. The molecule has 2 amide bonds. The van der Waals surface area contributed by atoms with E-state index in [1.807, 2.05) is 6.07 Å². The van der Waals surface area contributed by atoms with Crippen LogP contribution in [0, 0.1) is 0 Å². The molecule has 0 saturated carbocycles. The van der Waals surface area contributed by atoms with Crippen molar-refractivity contribution in [3.63, 3.8) is 0 Å². The predicted molar refractivity (Wildman–Crippen MR) is 76.7 cm³/mol. The molecule has 1 heterocycles. The van der Waals surface area contributed by atoms with Gasteiger partial charge in [-0.05, 0) is 18.6 Å². The number of carbonyl (C=O) groups excluding carboxylic acids is 2. The van der Waals surface area contributed by atoms with Gasteiger partial charge in [0, 0.05) is 18.5 Å². The Kier molecular flexibility index (Phi) is 6.18. The highest BCUT2D eigenvalue weighted by atomic mass is 16.7. The highest BCUT2D eigenvalue weighted by Gasteiger charge is 2.14. The molecule has 1 saturated heterocycles. The number of hydrogen-bond acceptors (Lipinski definition) is 4. The van der Waals surface area contributed by atoms with Crippen molar-refractivity contribution in [2.24, 2.45) is 0 Å². The molecule has 1 aromatic rings. The molecule has 1 aromatic carbocycles. The van der Waals surface area contributed by atoms with E-state index < -0.39 is 0 Å². The Bertz CT molecular complexity index is 458. The fraction of sp³-hybridized carbons (Fsp3) is 0.467. The van der Waals surface area contributed by atoms with E-state index in [1.54, 1.807) is 24.3 Å². The lowest BCUT2D eigenvalue weighted by Gasteiger charge is -2.23. The molecule has 1 aliphatic rings. The van der Waals surface area contributed by atoms with Crippen molar-refractivity contribution in [2.75, 3.05) is 26.3 Å². The summed E-state index contributed by atoms with van der Waals surface area (Å²) >= 11 is 0. The molecule has 0 spiro atoms. The Morgan fingerprint density at radius 1 is 1.10 bits per heavy atom. The first-order valence-electron chi connectivity index (χ1n) is 7.09. The van der Waals surface area contributed by atoms with E-state index >= 15 is 0 Å². The van der Waals surface area contributed by atoms with Crippen LogP contribution in [0.15, 0.2) is 30.3 Å². The SMILES string of the molecule is O=C(CNC(=O)c1ccccc1)NCCC1OCCCO1. The van der Waals surface area contributed by atoms with E-state index in [9.17, 15) is 9.59 Å². The lowest BCUT2D eigenvalue weighted by molar-refractivity contribution is -0.180. The molecule has 1 aliphatic heterocycles. The summed E-state index contributed by atoms with van der Waals surface area (Å²) in [5.74, 6) is -0.486. The minimum atomic E-state index is -0.260. The monoisotopic (exact) mass is 292 g/mol. The summed E-state index contributed by atoms with van der Waals surface area (Å²) < 4.78 is 10.7. The predicted octanol–water partition coefficient (Wildman–Crippen LogP) is 0.686. The minimum Gasteiger partial charge on any atom is -0.354 e. The topological polar surface area (TPSA) is 76.7 Å². The molecule has 0 radical (unpaired) electrons. The number of rotatable bonds is 6. The van der Waals surface area contributed by atoms with Gasteiger partial charge in [0.25, 0.3) is 5.91 Å². The second-order valence-corrected chi connectivity index (χ2v) is 4.71. The molecular weight excluding hydrogens is 272 g/mol. The van der Waals surface area contributed by atoms with Crippen LogP contribution in [0.25, 0.3) is 0 Å². The normalized spacial score (nSPS) is 15.4. The van der Waals surface area contributed by atoms with E-state index in [1.165, 1.54) is 0 Å². The summed E-state index contributed by atoms with van der Waals surface area (Å²) in [5.41, 5.74) is 0.536. The maximum atomic E-state index is 11.7. The van der Waals surface area contributed by atoms with Crippen molar-refractivity contribution in [3.05, 3.63) is 35.9 Å². The van der Waals surface area contributed by atoms with Gasteiger partial charge in [0.1, 0.15) is 0 Å². The van der Waals surface area contributed by atoms with Gasteiger partial charge in [-0.15, -0.1) is 0 Å². The zero-order chi connectivity index (χ0) is 14.9. The largest absolute Gasteiger partial charge is 0.354 e. The van der Waals surface area contributed by atoms with Crippen molar-refractivity contribution in [3.8, 4) is 0 Å². The van der Waals surface area contributed by atoms with Crippen molar-refractivity contribution >= 4 is 11.8 Å². The molecule has 2 rings (SSSR count). The zero-order valence-corrected chi connectivity index (χ0v) is 11.8. The summed E-state index contributed by atoms with van der Waals surface area (Å²) in [4.78, 5) is 23.4. The van der Waals surface area contributed by atoms with E-state index in [0.717, 1.165) is 6.42 Å². The first-order chi connectivity index (χ1) is 10.3. The van der Waals surface area contributed by atoms with Gasteiger partial charge >= 0.3 is 0 Å². The second-order valence-electron chi connectivity index (χ2n) is 4.71. The van der Waals surface area contributed by atoms with Crippen LogP contribution in [-0.4, -0.2) is 44.4 Å². The van der Waals surface area contributed by atoms with E-state index in [4.69, 9.17) is 9.47 Å². The van der Waals surface area contributed by atoms with Gasteiger partial charge in [0.05, 0.1) is 19.8 Å². The molecule has 2 N–H and O–H groups in total. The van der Waals surface area contributed by atoms with Crippen LogP contribution in [0.1, 0.15) is 23.2 Å². The third-order valence-electron chi connectivity index (χ3n) is 3.04. The molecule has 0 unspecified atom stereocenters. The summed E-state index contributed by atoms with van der Waals surface area (Å²) in [6.45, 7) is 1.82. The highest BCUT2D eigenvalue weighted by Crippen LogP contribution is 2.07. The minimum absolute atomic E-state index is 0.0416. The van der Waals surface area contributed by atoms with Crippen LogP contribution in [0.3, 0.4) is 0 Å². The number of nitrogens with one attached hydrogen (secondary N) is 2. The van der Waals surface area contributed by atoms with E-state index in [0.29, 0.717) is 31.7 Å². The summed E-state index contributed by atoms with van der Waals surface area (Å²) in [7, 11) is 0. The van der Waals surface area contributed by atoms with Gasteiger partial charge < -0.3 is 20.1 Å². The number of benzene rings is 1. The molecule has 0 atom stereocenters. The molecular formula is C15H20N2O4. The fourth-order valence-corrected chi connectivity index (χ4v) is 1.95. The Hall–Kier alpha value is -1.92. The Labute approximate surface area is 123 Å². The van der Waals surface area contributed by atoms with Gasteiger partial charge in [-0.1, -0.05) is 18.2 Å². The van der Waals surface area contributed by atoms with Gasteiger partial charge in [-0.25, -0.2) is 0 Å². The molecule has 0 aromatic heterocycles. The average Bonchev–Trinajstić information content (AvgIpc) is 2.54. The number of hydrogen-bond donors (Lipinski definition) is 2. The molecule has 21 heavy (non-hydrogen) atoms. The number of carbonyl (C=O) groups is 2. The average molecular weight is 292 g/mol. The third-order valence-corrected chi connectivity index (χ3v) is 3.04. The smallest absolute Gasteiger partial charge is 0.251 e. The standard InChI is InChI=1S/C15H20N2O4/c18-13(16-8-7-14-20-9-4-10-21-14)11-17-15(19)12-5-2-1-3-6-12/h1-3,5-6,14H,4,7-11H2,(H,16,18)(H,17,19). The van der Waals surface area contributed by atoms with Crippen LogP contribution < -0.4 is 10.6 Å². The van der Waals surface area contributed by atoms with E-state index in [-0.39, 0.29) is 24.6 Å². The summed E-state index contributed by atoms with van der Waals surface area (Å²) in [6.07, 6.45) is 1.28. The van der Waals surface area contributed by atoms with Crippen molar-refractivity contribution in [1.82, 2.24) is 10.6 Å². The highest BCUT2D eigenvalue weighted by molar-refractivity contribution is 5.96. The van der Waals surface area contributed by atoms with Gasteiger partial charge in [-0.2, -0.15) is 0 Å². The Balaban J connectivity index is 1.60. The van der Waals surface area contributed by atoms with Gasteiger partial charge in [0.2, 0.25) is 5.91 Å². The molecule has 6 heteroatoms. The maximum Gasteiger partial charge on any atom is 0.251 e. The van der Waals surface area contributed by atoms with Gasteiger partial charge in [-0.3, -0.25) is 9.59 Å². The van der Waals surface area contributed by atoms with Crippen molar-refractivity contribution in [2.45, 2.75) is 19.1 Å². The summed E-state index contributed by atoms with van der Waals surface area (Å²) in [5, 5.41) is 5.30. The molecule has 1 fully saturated rings. The molecule has 114 valence electrons. The zero-order valence-electron chi connectivity index (χ0n) is 11.8. The first kappa shape index (κ1) is 15.5. The van der Waals surface area contributed by atoms with Crippen LogP contribution in [0.4, 0.5) is 0 Å². The quantitative estimate of drug-likeness (QED) is 0.808. The second kappa shape index (κ2) is 8.39. The Morgan fingerprint density at radius 2 is 1.81 bits per heavy atom. The van der Waals surface area contributed by atoms with Crippen LogP contribution >= 0.6 is 0 Å². The summed E-state index contributed by atoms with van der Waals surface area (Å²) in [6, 6.07) is 8.78. The number of amides is 2. The third kappa shape index (κ3) is 5.53. The van der Waals surface area contributed by atoms with Crippen LogP contribution in [0.2, 0.25) is 0 Å². The lowest BCUT2D eigenvalue weighted by atomic mass is 10.2. The van der Waals surface area contributed by atoms with Crippen LogP contribution in [-0.2, 0) is 14.3 Å². The molecule has 6 nitrogen and oxygen atoms in total.